The Kier molecular flexibility index (Phi) is 4.96. The predicted molar refractivity (Wildman–Crippen MR) is 92.9 cm³/mol. The van der Waals surface area contributed by atoms with E-state index in [0.29, 0.717) is 5.92 Å². The fourth-order valence-corrected chi connectivity index (χ4v) is 4.68. The minimum absolute atomic E-state index is 0.00891. The van der Waals surface area contributed by atoms with Crippen LogP contribution in [0.15, 0.2) is 18.2 Å². The molecule has 1 aromatic heterocycles. The lowest BCUT2D eigenvalue weighted by atomic mass is 9.99. The highest BCUT2D eigenvalue weighted by atomic mass is 32.2. The normalized spacial score (nSPS) is 22.9. The van der Waals surface area contributed by atoms with Crippen molar-refractivity contribution in [2.24, 2.45) is 5.92 Å². The van der Waals surface area contributed by atoms with Crippen LogP contribution >= 0.6 is 11.7 Å². The van der Waals surface area contributed by atoms with Crippen LogP contribution in [0.3, 0.4) is 0 Å². The number of fused-ring (bicyclic) bond motifs is 1. The van der Waals surface area contributed by atoms with Gasteiger partial charge in [-0.1, -0.05) is 19.4 Å². The largest absolute Gasteiger partial charge is 0.297 e. The van der Waals surface area contributed by atoms with Crippen molar-refractivity contribution in [2.75, 3.05) is 19.3 Å². The lowest BCUT2D eigenvalue weighted by Crippen LogP contribution is -2.39. The summed E-state index contributed by atoms with van der Waals surface area (Å²) in [5.74, 6) is 0.374. The minimum Gasteiger partial charge on any atom is -0.297 e. The van der Waals surface area contributed by atoms with Gasteiger partial charge in [0.1, 0.15) is 11.0 Å². The Morgan fingerprint density at radius 2 is 2.09 bits per heavy atom. The van der Waals surface area contributed by atoms with E-state index in [1.54, 1.807) is 0 Å². The second-order valence-corrected chi connectivity index (χ2v) is 8.64. The van der Waals surface area contributed by atoms with Gasteiger partial charge in [0.15, 0.2) is 0 Å². The molecule has 2 aromatic rings. The van der Waals surface area contributed by atoms with Crippen LogP contribution in [-0.4, -0.2) is 47.5 Å². The second-order valence-electron chi connectivity index (χ2n) is 6.33. The molecule has 0 amide bonds. The molecule has 8 heteroatoms. The first-order valence-corrected chi connectivity index (χ1v) is 10.5. The Balaban J connectivity index is 1.70. The van der Waals surface area contributed by atoms with E-state index in [9.17, 15) is 8.42 Å². The number of aromatic nitrogens is 2. The van der Waals surface area contributed by atoms with Crippen LogP contribution in [0, 0.1) is 5.92 Å². The molecule has 23 heavy (non-hydrogen) atoms. The third kappa shape index (κ3) is 4.26. The molecule has 1 fully saturated rings. The molecule has 6 nitrogen and oxygen atoms in total. The fourth-order valence-electron chi connectivity index (χ4n) is 3.35. The summed E-state index contributed by atoms with van der Waals surface area (Å²) < 4.78 is 34.5. The van der Waals surface area contributed by atoms with Crippen LogP contribution in [-0.2, 0) is 16.6 Å². The summed E-state index contributed by atoms with van der Waals surface area (Å²) in [5, 5.41) is 0. The Morgan fingerprint density at radius 1 is 1.30 bits per heavy atom. The summed E-state index contributed by atoms with van der Waals surface area (Å²) in [4.78, 5) is 2.32. The van der Waals surface area contributed by atoms with Gasteiger partial charge in [-0.3, -0.25) is 4.90 Å². The van der Waals surface area contributed by atoms with E-state index in [2.05, 4.69) is 37.4 Å². The molecule has 0 unspecified atom stereocenters. The summed E-state index contributed by atoms with van der Waals surface area (Å²) in [7, 11) is -3.17. The lowest BCUT2D eigenvalue weighted by molar-refractivity contribution is 0.312. The van der Waals surface area contributed by atoms with Crippen molar-refractivity contribution in [1.82, 2.24) is 18.4 Å². The third-order valence-electron chi connectivity index (χ3n) is 4.27. The first-order valence-electron chi connectivity index (χ1n) is 7.85. The maximum atomic E-state index is 11.6. The first-order chi connectivity index (χ1) is 10.9. The van der Waals surface area contributed by atoms with Crippen molar-refractivity contribution in [2.45, 2.75) is 32.4 Å². The van der Waals surface area contributed by atoms with E-state index >= 15 is 0 Å². The van der Waals surface area contributed by atoms with Gasteiger partial charge in [-0.25, -0.2) is 13.1 Å². The van der Waals surface area contributed by atoms with Gasteiger partial charge in [0, 0.05) is 25.7 Å². The van der Waals surface area contributed by atoms with Gasteiger partial charge < -0.3 is 0 Å². The molecule has 0 bridgehead atoms. The molecular weight excluding hydrogens is 332 g/mol. The van der Waals surface area contributed by atoms with Crippen molar-refractivity contribution in [3.63, 3.8) is 0 Å². The van der Waals surface area contributed by atoms with Crippen LogP contribution < -0.4 is 4.72 Å². The van der Waals surface area contributed by atoms with Crippen molar-refractivity contribution < 1.29 is 8.42 Å². The van der Waals surface area contributed by atoms with E-state index in [4.69, 9.17) is 0 Å². The smallest absolute Gasteiger partial charge is 0.209 e. The van der Waals surface area contributed by atoms with Gasteiger partial charge in [-0.15, -0.1) is 0 Å². The van der Waals surface area contributed by atoms with Crippen LogP contribution in [0.1, 0.15) is 25.3 Å². The van der Waals surface area contributed by atoms with Crippen molar-refractivity contribution in [3.8, 4) is 0 Å². The molecule has 0 saturated carbocycles. The molecule has 0 aliphatic carbocycles. The zero-order valence-electron chi connectivity index (χ0n) is 13.4. The molecule has 0 spiro atoms. The second kappa shape index (κ2) is 6.80. The molecule has 1 saturated heterocycles. The Hall–Kier alpha value is -1.09. The van der Waals surface area contributed by atoms with Crippen LogP contribution in [0.5, 0.6) is 0 Å². The predicted octanol–water partition coefficient (Wildman–Crippen LogP) is 1.84. The average molecular weight is 355 g/mol. The van der Waals surface area contributed by atoms with Gasteiger partial charge in [0.05, 0.1) is 18.0 Å². The highest BCUT2D eigenvalue weighted by molar-refractivity contribution is 7.88. The molecule has 2 atom stereocenters. The molecule has 1 aromatic carbocycles. The first kappa shape index (κ1) is 16.8. The summed E-state index contributed by atoms with van der Waals surface area (Å²) in [5.41, 5.74) is 3.06. The molecule has 126 valence electrons. The number of sulfonamides is 1. The highest BCUT2D eigenvalue weighted by Gasteiger charge is 2.33. The van der Waals surface area contributed by atoms with Crippen LogP contribution in [0.4, 0.5) is 0 Å². The quantitative estimate of drug-likeness (QED) is 0.857. The Morgan fingerprint density at radius 3 is 2.83 bits per heavy atom. The fraction of sp³-hybridized carbons (Fsp3) is 0.600. The number of hydrogen-bond donors (Lipinski definition) is 1. The SMILES string of the molecule is CCC[C@@H]1CN(Cc2ccc3nsnc3c2)C[C@H]1NS(C)(=O)=O. The number of rotatable bonds is 6. The number of hydrogen-bond acceptors (Lipinski definition) is 6. The van der Waals surface area contributed by atoms with Crippen LogP contribution in [0.25, 0.3) is 11.0 Å². The van der Waals surface area contributed by atoms with E-state index in [1.165, 1.54) is 23.5 Å². The molecule has 1 aliphatic heterocycles. The van der Waals surface area contributed by atoms with Crippen molar-refractivity contribution in [1.29, 1.82) is 0 Å². The van der Waals surface area contributed by atoms with Gasteiger partial charge in [-0.2, -0.15) is 8.75 Å². The van der Waals surface area contributed by atoms with Crippen LogP contribution in [0.2, 0.25) is 0 Å². The van der Waals surface area contributed by atoms with Gasteiger partial charge in [-0.05, 0) is 30.0 Å². The maximum absolute atomic E-state index is 11.6. The van der Waals surface area contributed by atoms with E-state index in [-0.39, 0.29) is 6.04 Å². The molecule has 0 radical (unpaired) electrons. The number of nitrogens with zero attached hydrogens (tertiary/aromatic N) is 3. The molecule has 2 heterocycles. The molecular formula is C15H22N4O2S2. The van der Waals surface area contributed by atoms with Crippen molar-refractivity contribution in [3.05, 3.63) is 23.8 Å². The molecule has 1 aliphatic rings. The third-order valence-corrected chi connectivity index (χ3v) is 5.55. The Labute approximate surface area is 141 Å². The van der Waals surface area contributed by atoms with Gasteiger partial charge in [0.2, 0.25) is 10.0 Å². The average Bonchev–Trinajstić information content (AvgIpc) is 3.05. The van der Waals surface area contributed by atoms with Gasteiger partial charge >= 0.3 is 0 Å². The zero-order chi connectivity index (χ0) is 16.4. The number of nitrogens with one attached hydrogen (secondary N) is 1. The van der Waals surface area contributed by atoms with Gasteiger partial charge in [0.25, 0.3) is 0 Å². The van der Waals surface area contributed by atoms with Crippen molar-refractivity contribution >= 4 is 32.8 Å². The molecule has 1 N–H and O–H groups in total. The Bertz CT molecular complexity index is 775. The van der Waals surface area contributed by atoms with E-state index in [0.717, 1.165) is 43.5 Å². The number of benzene rings is 1. The summed E-state index contributed by atoms with van der Waals surface area (Å²) in [6.07, 6.45) is 3.34. The lowest BCUT2D eigenvalue weighted by Gasteiger charge is -2.17. The summed E-state index contributed by atoms with van der Waals surface area (Å²) >= 11 is 1.23. The molecule has 3 rings (SSSR count). The van der Waals surface area contributed by atoms with E-state index in [1.807, 2.05) is 6.07 Å². The topological polar surface area (TPSA) is 75.2 Å². The summed E-state index contributed by atoms with van der Waals surface area (Å²) in [6.45, 7) is 4.64. The number of likely N-dealkylation sites (tertiary alicyclic amines) is 1. The minimum atomic E-state index is -3.17. The monoisotopic (exact) mass is 354 g/mol. The zero-order valence-corrected chi connectivity index (χ0v) is 15.0. The maximum Gasteiger partial charge on any atom is 0.209 e. The standard InChI is InChI=1S/C15H22N4O2S2/c1-3-4-12-9-19(10-15(12)18-23(2,20)21)8-11-5-6-13-14(7-11)17-22-16-13/h5-7,12,15,18H,3-4,8-10H2,1-2H3/t12-,15-/m1/s1. The highest BCUT2D eigenvalue weighted by Crippen LogP contribution is 2.24. The summed E-state index contributed by atoms with van der Waals surface area (Å²) in [6, 6.07) is 6.16. The van der Waals surface area contributed by atoms with E-state index < -0.39 is 10.0 Å².